The number of anilines is 2. The second kappa shape index (κ2) is 5.49. The average molecular weight is 242 g/mol. The number of rotatable bonds is 4. The van der Waals surface area contributed by atoms with Crippen LogP contribution in [-0.4, -0.2) is 16.5 Å². The zero-order valence-corrected chi connectivity index (χ0v) is 10.8. The molecule has 0 aliphatic carbocycles. The summed E-state index contributed by atoms with van der Waals surface area (Å²) in [6.07, 6.45) is 1.60. The molecule has 1 aromatic heterocycles. The van der Waals surface area contributed by atoms with Crippen molar-refractivity contribution >= 4 is 11.5 Å². The molecule has 0 amide bonds. The van der Waals surface area contributed by atoms with E-state index in [1.54, 1.807) is 6.33 Å². The highest BCUT2D eigenvalue weighted by Gasteiger charge is 2.08. The SMILES string of the molecule is CCN(Cc1ccccc1N)c1cc(C)ncn1. The molecule has 4 heteroatoms. The third-order valence-electron chi connectivity index (χ3n) is 2.91. The predicted molar refractivity (Wildman–Crippen MR) is 74.3 cm³/mol. The topological polar surface area (TPSA) is 55.0 Å². The Bertz CT molecular complexity index is 525. The van der Waals surface area contributed by atoms with Crippen LogP contribution in [0, 0.1) is 6.92 Å². The van der Waals surface area contributed by atoms with E-state index >= 15 is 0 Å². The number of hydrogen-bond donors (Lipinski definition) is 1. The van der Waals surface area contributed by atoms with E-state index in [9.17, 15) is 0 Å². The Kier molecular flexibility index (Phi) is 3.77. The number of aromatic nitrogens is 2. The number of benzene rings is 1. The largest absolute Gasteiger partial charge is 0.398 e. The van der Waals surface area contributed by atoms with Gasteiger partial charge < -0.3 is 10.6 Å². The third kappa shape index (κ3) is 2.77. The Morgan fingerprint density at radius 3 is 2.67 bits per heavy atom. The number of hydrogen-bond acceptors (Lipinski definition) is 4. The summed E-state index contributed by atoms with van der Waals surface area (Å²) in [7, 11) is 0. The summed E-state index contributed by atoms with van der Waals surface area (Å²) in [4.78, 5) is 10.6. The van der Waals surface area contributed by atoms with Gasteiger partial charge in [0.1, 0.15) is 12.1 Å². The first-order valence-corrected chi connectivity index (χ1v) is 6.07. The molecule has 4 nitrogen and oxygen atoms in total. The van der Waals surface area contributed by atoms with Crippen LogP contribution >= 0.6 is 0 Å². The molecular formula is C14H18N4. The van der Waals surface area contributed by atoms with E-state index in [2.05, 4.69) is 21.8 Å². The first-order valence-electron chi connectivity index (χ1n) is 6.07. The van der Waals surface area contributed by atoms with E-state index < -0.39 is 0 Å². The number of nitrogens with zero attached hydrogens (tertiary/aromatic N) is 3. The van der Waals surface area contributed by atoms with Crippen molar-refractivity contribution in [3.05, 3.63) is 47.9 Å². The van der Waals surface area contributed by atoms with Crippen LogP contribution in [0.25, 0.3) is 0 Å². The molecule has 0 spiro atoms. The van der Waals surface area contributed by atoms with Gasteiger partial charge in [0, 0.05) is 30.5 Å². The van der Waals surface area contributed by atoms with E-state index in [0.29, 0.717) is 0 Å². The van der Waals surface area contributed by atoms with Crippen LogP contribution in [0.15, 0.2) is 36.7 Å². The molecule has 0 bridgehead atoms. The van der Waals surface area contributed by atoms with Gasteiger partial charge in [0.15, 0.2) is 0 Å². The molecule has 94 valence electrons. The molecule has 0 unspecified atom stereocenters. The average Bonchev–Trinajstić information content (AvgIpc) is 2.38. The molecule has 2 N–H and O–H groups in total. The Hall–Kier alpha value is -2.10. The maximum absolute atomic E-state index is 5.97. The lowest BCUT2D eigenvalue weighted by atomic mass is 10.1. The molecule has 2 aromatic rings. The van der Waals surface area contributed by atoms with Gasteiger partial charge in [0.25, 0.3) is 0 Å². The Labute approximate surface area is 107 Å². The zero-order chi connectivity index (χ0) is 13.0. The lowest BCUT2D eigenvalue weighted by molar-refractivity contribution is 0.809. The fourth-order valence-electron chi connectivity index (χ4n) is 1.85. The molecule has 2 rings (SSSR count). The van der Waals surface area contributed by atoms with Crippen molar-refractivity contribution < 1.29 is 0 Å². The van der Waals surface area contributed by atoms with Gasteiger partial charge in [0.05, 0.1) is 0 Å². The highest BCUT2D eigenvalue weighted by Crippen LogP contribution is 2.18. The summed E-state index contributed by atoms with van der Waals surface area (Å²) in [6, 6.07) is 9.91. The molecule has 0 saturated carbocycles. The fraction of sp³-hybridized carbons (Fsp3) is 0.286. The molecule has 0 saturated heterocycles. The molecule has 0 atom stereocenters. The Morgan fingerprint density at radius 1 is 1.22 bits per heavy atom. The lowest BCUT2D eigenvalue weighted by Gasteiger charge is -2.22. The van der Waals surface area contributed by atoms with Gasteiger partial charge in [-0.15, -0.1) is 0 Å². The minimum absolute atomic E-state index is 0.764. The molecule has 1 heterocycles. The van der Waals surface area contributed by atoms with Crippen molar-refractivity contribution in [3.63, 3.8) is 0 Å². The quantitative estimate of drug-likeness (QED) is 0.836. The number of para-hydroxylation sites is 1. The highest BCUT2D eigenvalue weighted by molar-refractivity contribution is 5.49. The van der Waals surface area contributed by atoms with Crippen LogP contribution in [0.1, 0.15) is 18.2 Å². The van der Waals surface area contributed by atoms with Crippen LogP contribution < -0.4 is 10.6 Å². The van der Waals surface area contributed by atoms with Crippen LogP contribution in [0.2, 0.25) is 0 Å². The van der Waals surface area contributed by atoms with Gasteiger partial charge >= 0.3 is 0 Å². The second-order valence-electron chi connectivity index (χ2n) is 4.23. The standard InChI is InChI=1S/C14H18N4/c1-3-18(14-8-11(2)16-10-17-14)9-12-6-4-5-7-13(12)15/h4-8,10H,3,9,15H2,1-2H3. The zero-order valence-electron chi connectivity index (χ0n) is 10.8. The van der Waals surface area contributed by atoms with Crippen molar-refractivity contribution in [2.24, 2.45) is 0 Å². The summed E-state index contributed by atoms with van der Waals surface area (Å²) in [5.41, 5.74) is 8.89. The van der Waals surface area contributed by atoms with E-state index in [1.807, 2.05) is 37.3 Å². The summed E-state index contributed by atoms with van der Waals surface area (Å²) < 4.78 is 0. The van der Waals surface area contributed by atoms with Crippen molar-refractivity contribution in [3.8, 4) is 0 Å². The maximum Gasteiger partial charge on any atom is 0.132 e. The molecular weight excluding hydrogens is 224 g/mol. The maximum atomic E-state index is 5.97. The van der Waals surface area contributed by atoms with Gasteiger partial charge in [0.2, 0.25) is 0 Å². The number of aryl methyl sites for hydroxylation is 1. The monoisotopic (exact) mass is 242 g/mol. The summed E-state index contributed by atoms with van der Waals surface area (Å²) >= 11 is 0. The van der Waals surface area contributed by atoms with E-state index in [1.165, 1.54) is 0 Å². The number of nitrogen functional groups attached to an aromatic ring is 1. The van der Waals surface area contributed by atoms with E-state index in [-0.39, 0.29) is 0 Å². The number of nitrogens with two attached hydrogens (primary N) is 1. The Balaban J connectivity index is 2.23. The molecule has 0 aliphatic heterocycles. The van der Waals surface area contributed by atoms with Crippen LogP contribution in [-0.2, 0) is 6.54 Å². The normalized spacial score (nSPS) is 10.3. The minimum Gasteiger partial charge on any atom is -0.398 e. The molecule has 1 aromatic carbocycles. The van der Waals surface area contributed by atoms with Crippen LogP contribution in [0.4, 0.5) is 11.5 Å². The van der Waals surface area contributed by atoms with Crippen molar-refractivity contribution in [1.82, 2.24) is 9.97 Å². The first-order chi connectivity index (χ1) is 8.70. The smallest absolute Gasteiger partial charge is 0.132 e. The van der Waals surface area contributed by atoms with Gasteiger partial charge in [-0.2, -0.15) is 0 Å². The molecule has 0 aliphatic rings. The third-order valence-corrected chi connectivity index (χ3v) is 2.91. The summed E-state index contributed by atoms with van der Waals surface area (Å²) in [6.45, 7) is 5.72. The van der Waals surface area contributed by atoms with Crippen molar-refractivity contribution in [2.75, 3.05) is 17.2 Å². The molecule has 18 heavy (non-hydrogen) atoms. The molecule has 0 radical (unpaired) electrons. The lowest BCUT2D eigenvalue weighted by Crippen LogP contribution is -2.23. The van der Waals surface area contributed by atoms with Gasteiger partial charge in [-0.3, -0.25) is 0 Å². The van der Waals surface area contributed by atoms with Crippen molar-refractivity contribution in [2.45, 2.75) is 20.4 Å². The Morgan fingerprint density at radius 2 is 2.00 bits per heavy atom. The van der Waals surface area contributed by atoms with E-state index in [4.69, 9.17) is 5.73 Å². The van der Waals surface area contributed by atoms with E-state index in [0.717, 1.165) is 35.9 Å². The van der Waals surface area contributed by atoms with Gasteiger partial charge in [-0.05, 0) is 25.5 Å². The van der Waals surface area contributed by atoms with Gasteiger partial charge in [-0.25, -0.2) is 9.97 Å². The van der Waals surface area contributed by atoms with Crippen LogP contribution in [0.5, 0.6) is 0 Å². The fourth-order valence-corrected chi connectivity index (χ4v) is 1.85. The molecule has 0 fully saturated rings. The predicted octanol–water partition coefficient (Wildman–Crippen LogP) is 2.39. The van der Waals surface area contributed by atoms with Crippen molar-refractivity contribution in [1.29, 1.82) is 0 Å². The highest BCUT2D eigenvalue weighted by atomic mass is 15.2. The summed E-state index contributed by atoms with van der Waals surface area (Å²) in [5.74, 6) is 0.938. The first kappa shape index (κ1) is 12.4. The second-order valence-corrected chi connectivity index (χ2v) is 4.23. The summed E-state index contributed by atoms with van der Waals surface area (Å²) in [5, 5.41) is 0. The minimum atomic E-state index is 0.764. The van der Waals surface area contributed by atoms with Crippen LogP contribution in [0.3, 0.4) is 0 Å². The van der Waals surface area contributed by atoms with Gasteiger partial charge in [-0.1, -0.05) is 18.2 Å².